The second-order valence-electron chi connectivity index (χ2n) is 4.28. The van der Waals surface area contributed by atoms with E-state index in [2.05, 4.69) is 31.2 Å². The summed E-state index contributed by atoms with van der Waals surface area (Å²) in [6.45, 7) is 4.94. The molecule has 1 aromatic carbocycles. The van der Waals surface area contributed by atoms with Crippen molar-refractivity contribution in [1.82, 2.24) is 4.90 Å². The first-order valence-electron chi connectivity index (χ1n) is 6.36. The van der Waals surface area contributed by atoms with Crippen molar-refractivity contribution in [1.29, 1.82) is 0 Å². The first-order valence-corrected chi connectivity index (χ1v) is 6.36. The van der Waals surface area contributed by atoms with Crippen LogP contribution in [0.4, 0.5) is 0 Å². The van der Waals surface area contributed by atoms with E-state index in [0.29, 0.717) is 6.42 Å². The number of allylic oxidation sites excluding steroid dienone is 1. The molecule has 0 radical (unpaired) electrons. The fourth-order valence-electron chi connectivity index (χ4n) is 2.39. The van der Waals surface area contributed by atoms with E-state index in [0.717, 1.165) is 25.1 Å². The minimum absolute atomic E-state index is 0.246. The van der Waals surface area contributed by atoms with Crippen LogP contribution in [0.15, 0.2) is 30.3 Å². The van der Waals surface area contributed by atoms with Crippen LogP contribution in [-0.2, 0) is 11.2 Å². The van der Waals surface area contributed by atoms with Gasteiger partial charge in [-0.2, -0.15) is 0 Å². The van der Waals surface area contributed by atoms with Crippen LogP contribution in [0.1, 0.15) is 37.8 Å². The Labute approximate surface area is 103 Å². The molecule has 0 spiro atoms. The molecule has 2 rings (SSSR count). The van der Waals surface area contributed by atoms with Gasteiger partial charge in [0.05, 0.1) is 0 Å². The number of rotatable bonds is 3. The van der Waals surface area contributed by atoms with Gasteiger partial charge in [-0.15, -0.1) is 0 Å². The molecule has 1 aromatic rings. The van der Waals surface area contributed by atoms with Crippen LogP contribution in [0.3, 0.4) is 0 Å². The molecule has 1 aliphatic rings. The van der Waals surface area contributed by atoms with Crippen LogP contribution in [0.5, 0.6) is 0 Å². The molecule has 0 N–H and O–H groups in total. The van der Waals surface area contributed by atoms with Gasteiger partial charge in [-0.1, -0.05) is 37.3 Å². The molecule has 0 saturated heterocycles. The zero-order valence-corrected chi connectivity index (χ0v) is 10.6. The summed E-state index contributed by atoms with van der Waals surface area (Å²) < 4.78 is 0. The summed E-state index contributed by atoms with van der Waals surface area (Å²) in [4.78, 5) is 13.8. The van der Waals surface area contributed by atoms with E-state index in [4.69, 9.17) is 0 Å². The van der Waals surface area contributed by atoms with Crippen molar-refractivity contribution in [2.45, 2.75) is 33.1 Å². The number of amides is 1. The van der Waals surface area contributed by atoms with E-state index in [1.807, 2.05) is 17.9 Å². The Hall–Kier alpha value is -1.57. The van der Waals surface area contributed by atoms with E-state index >= 15 is 0 Å². The van der Waals surface area contributed by atoms with Gasteiger partial charge >= 0.3 is 0 Å². The van der Waals surface area contributed by atoms with Gasteiger partial charge in [0.25, 0.3) is 0 Å². The Kier molecular flexibility index (Phi) is 3.62. The maximum atomic E-state index is 11.9. The highest BCUT2D eigenvalue weighted by molar-refractivity contribution is 5.89. The molecule has 0 aliphatic carbocycles. The third kappa shape index (κ3) is 2.26. The molecular formula is C15H19NO. The molecule has 1 amide bonds. The van der Waals surface area contributed by atoms with Crippen LogP contribution >= 0.6 is 0 Å². The topological polar surface area (TPSA) is 20.3 Å². The fourth-order valence-corrected chi connectivity index (χ4v) is 2.39. The summed E-state index contributed by atoms with van der Waals surface area (Å²) in [5, 5.41) is 0. The van der Waals surface area contributed by atoms with Gasteiger partial charge < -0.3 is 4.90 Å². The molecule has 0 bridgehead atoms. The smallest absolute Gasteiger partial charge is 0.227 e. The van der Waals surface area contributed by atoms with Gasteiger partial charge in [-0.25, -0.2) is 0 Å². The minimum Gasteiger partial charge on any atom is -0.312 e. The SMILES string of the molecule is CCc1ccccc1C1=CCCC(=O)N1CC. The number of nitrogens with zero attached hydrogens (tertiary/aromatic N) is 1. The van der Waals surface area contributed by atoms with Crippen molar-refractivity contribution in [3.05, 3.63) is 41.5 Å². The first kappa shape index (κ1) is 11.9. The molecule has 90 valence electrons. The van der Waals surface area contributed by atoms with E-state index < -0.39 is 0 Å². The third-order valence-corrected chi connectivity index (χ3v) is 3.28. The summed E-state index contributed by atoms with van der Waals surface area (Å²) in [5.74, 6) is 0.246. The quantitative estimate of drug-likeness (QED) is 0.779. The second-order valence-corrected chi connectivity index (χ2v) is 4.28. The zero-order chi connectivity index (χ0) is 12.3. The standard InChI is InChI=1S/C15H19NO/c1-3-12-8-5-6-9-13(12)14-10-7-11-15(17)16(14)4-2/h5-6,8-10H,3-4,7,11H2,1-2H3. The molecule has 1 heterocycles. The summed E-state index contributed by atoms with van der Waals surface area (Å²) in [7, 11) is 0. The number of carbonyl (C=O) groups is 1. The van der Waals surface area contributed by atoms with Crippen molar-refractivity contribution in [2.75, 3.05) is 6.54 Å². The lowest BCUT2D eigenvalue weighted by Gasteiger charge is -2.29. The zero-order valence-electron chi connectivity index (χ0n) is 10.6. The Morgan fingerprint density at radius 3 is 2.71 bits per heavy atom. The highest BCUT2D eigenvalue weighted by Crippen LogP contribution is 2.28. The first-order chi connectivity index (χ1) is 8.27. The van der Waals surface area contributed by atoms with Crippen LogP contribution in [0.25, 0.3) is 5.70 Å². The Morgan fingerprint density at radius 1 is 1.24 bits per heavy atom. The lowest BCUT2D eigenvalue weighted by Crippen LogP contribution is -2.31. The van der Waals surface area contributed by atoms with E-state index in [9.17, 15) is 4.79 Å². The highest BCUT2D eigenvalue weighted by Gasteiger charge is 2.22. The predicted octanol–water partition coefficient (Wildman–Crippen LogP) is 3.23. The van der Waals surface area contributed by atoms with Crippen LogP contribution in [0, 0.1) is 0 Å². The van der Waals surface area contributed by atoms with Crippen molar-refractivity contribution < 1.29 is 4.79 Å². The van der Waals surface area contributed by atoms with E-state index in [-0.39, 0.29) is 5.91 Å². The van der Waals surface area contributed by atoms with E-state index in [1.165, 1.54) is 11.1 Å². The summed E-state index contributed by atoms with van der Waals surface area (Å²) in [6.07, 6.45) is 4.70. The van der Waals surface area contributed by atoms with Crippen molar-refractivity contribution in [3.8, 4) is 0 Å². The van der Waals surface area contributed by atoms with Crippen LogP contribution in [0.2, 0.25) is 0 Å². The van der Waals surface area contributed by atoms with Crippen molar-refractivity contribution in [2.24, 2.45) is 0 Å². The second kappa shape index (κ2) is 5.17. The minimum atomic E-state index is 0.246. The maximum Gasteiger partial charge on any atom is 0.227 e. The van der Waals surface area contributed by atoms with Crippen LogP contribution < -0.4 is 0 Å². The highest BCUT2D eigenvalue weighted by atomic mass is 16.2. The van der Waals surface area contributed by atoms with E-state index in [1.54, 1.807) is 0 Å². The number of aryl methyl sites for hydroxylation is 1. The van der Waals surface area contributed by atoms with Gasteiger partial charge in [-0.05, 0) is 25.3 Å². The molecule has 0 aromatic heterocycles. The molecule has 0 unspecified atom stereocenters. The van der Waals surface area contributed by atoms with Gasteiger partial charge in [0.15, 0.2) is 0 Å². The molecule has 2 nitrogen and oxygen atoms in total. The lowest BCUT2D eigenvalue weighted by molar-refractivity contribution is -0.128. The van der Waals surface area contributed by atoms with Gasteiger partial charge in [0.2, 0.25) is 5.91 Å². The number of hydrogen-bond acceptors (Lipinski definition) is 1. The summed E-state index contributed by atoms with van der Waals surface area (Å²) in [6, 6.07) is 8.36. The molecule has 17 heavy (non-hydrogen) atoms. The van der Waals surface area contributed by atoms with Gasteiger partial charge in [0.1, 0.15) is 0 Å². The number of benzene rings is 1. The third-order valence-electron chi connectivity index (χ3n) is 3.28. The molecule has 0 saturated carbocycles. The summed E-state index contributed by atoms with van der Waals surface area (Å²) in [5.41, 5.74) is 3.62. The average molecular weight is 229 g/mol. The molecule has 2 heteroatoms. The maximum absolute atomic E-state index is 11.9. The lowest BCUT2D eigenvalue weighted by atomic mass is 9.98. The monoisotopic (exact) mass is 229 g/mol. The van der Waals surface area contributed by atoms with Crippen molar-refractivity contribution >= 4 is 11.6 Å². The molecule has 0 fully saturated rings. The van der Waals surface area contributed by atoms with Crippen LogP contribution in [-0.4, -0.2) is 17.4 Å². The fraction of sp³-hybridized carbons (Fsp3) is 0.400. The Bertz CT molecular complexity index is 448. The average Bonchev–Trinajstić information content (AvgIpc) is 2.38. The molecule has 1 aliphatic heterocycles. The largest absolute Gasteiger partial charge is 0.312 e. The Morgan fingerprint density at radius 2 is 2.00 bits per heavy atom. The van der Waals surface area contributed by atoms with Gasteiger partial charge in [0, 0.05) is 24.2 Å². The summed E-state index contributed by atoms with van der Waals surface area (Å²) >= 11 is 0. The van der Waals surface area contributed by atoms with Gasteiger partial charge in [-0.3, -0.25) is 4.79 Å². The predicted molar refractivity (Wildman–Crippen MR) is 70.4 cm³/mol. The Balaban J connectivity index is 2.44. The number of carbonyl (C=O) groups excluding carboxylic acids is 1. The molecule has 0 atom stereocenters. The number of hydrogen-bond donors (Lipinski definition) is 0. The normalized spacial score (nSPS) is 16.0. The van der Waals surface area contributed by atoms with Crippen molar-refractivity contribution in [3.63, 3.8) is 0 Å². The molecular weight excluding hydrogens is 210 g/mol.